The van der Waals surface area contributed by atoms with Crippen LogP contribution in [0.1, 0.15) is 10.6 Å². The van der Waals surface area contributed by atoms with Gasteiger partial charge >= 0.3 is 0 Å². The second-order valence-electron chi connectivity index (χ2n) is 1.50. The first-order valence-electron chi connectivity index (χ1n) is 2.53. The van der Waals surface area contributed by atoms with E-state index in [1.807, 2.05) is 5.32 Å². The third kappa shape index (κ3) is 1.11. The lowest BCUT2D eigenvalue weighted by molar-refractivity contribution is 0.0963. The molecule has 0 aromatic carbocycles. The van der Waals surface area contributed by atoms with E-state index in [0.29, 0.717) is 0 Å². The molecule has 0 aliphatic heterocycles. The van der Waals surface area contributed by atoms with Crippen LogP contribution >= 0.6 is 0 Å². The maximum atomic E-state index is 10.7. The number of carbonyl (C=O) groups excluding carboxylic acids is 1. The molecule has 0 spiro atoms. The summed E-state index contributed by atoms with van der Waals surface area (Å²) in [5.41, 5.74) is 0. The van der Waals surface area contributed by atoms with Gasteiger partial charge < -0.3 is 4.98 Å². The van der Waals surface area contributed by atoms with Crippen molar-refractivity contribution in [2.45, 2.75) is 0 Å². The molecule has 1 amide bonds. The van der Waals surface area contributed by atoms with Crippen LogP contribution in [0.5, 0.6) is 0 Å². The van der Waals surface area contributed by atoms with Gasteiger partial charge in [0.25, 0.3) is 5.91 Å². The highest BCUT2D eigenvalue weighted by Gasteiger charge is 2.04. The number of aromatic amines is 1. The van der Waals surface area contributed by atoms with Crippen molar-refractivity contribution in [2.75, 3.05) is 0 Å². The van der Waals surface area contributed by atoms with E-state index in [0.717, 1.165) is 0 Å². The predicted octanol–water partition coefficient (Wildman–Crippen LogP) is -0.379. The van der Waals surface area contributed by atoms with Gasteiger partial charge in [-0.05, 0) is 0 Å². The number of H-pyrrole nitrogens is 1. The number of hydrogen-bond donors (Lipinski definition) is 2. The standard InChI is InChI=1S/C5H4N4O/c6-3-9-5(10)4-7-1-2-8-4/h1-2H,(H,7,8)(H,9,10). The zero-order chi connectivity index (χ0) is 7.40. The van der Waals surface area contributed by atoms with Gasteiger partial charge in [-0.3, -0.25) is 10.1 Å². The molecule has 0 saturated carbocycles. The quantitative estimate of drug-likeness (QED) is 0.408. The second kappa shape index (κ2) is 2.64. The molecule has 1 rings (SSSR count). The Morgan fingerprint density at radius 1 is 1.90 bits per heavy atom. The Bertz CT molecular complexity index is 258. The molecule has 1 aromatic rings. The molecule has 5 nitrogen and oxygen atoms in total. The van der Waals surface area contributed by atoms with E-state index < -0.39 is 5.91 Å². The van der Waals surface area contributed by atoms with Crippen molar-refractivity contribution in [1.82, 2.24) is 15.3 Å². The molecule has 0 atom stereocenters. The normalized spacial score (nSPS) is 8.30. The van der Waals surface area contributed by atoms with Gasteiger partial charge in [0.05, 0.1) is 0 Å². The van der Waals surface area contributed by atoms with Crippen LogP contribution in [0.25, 0.3) is 0 Å². The van der Waals surface area contributed by atoms with Gasteiger partial charge in [-0.25, -0.2) is 4.98 Å². The van der Waals surface area contributed by atoms with E-state index in [2.05, 4.69) is 9.97 Å². The molecule has 50 valence electrons. The number of hydrogen-bond acceptors (Lipinski definition) is 3. The molecule has 0 unspecified atom stereocenters. The van der Waals surface area contributed by atoms with Crippen LogP contribution in [0.4, 0.5) is 0 Å². The monoisotopic (exact) mass is 136 g/mol. The molecule has 0 aliphatic carbocycles. The van der Waals surface area contributed by atoms with Gasteiger partial charge in [-0.15, -0.1) is 0 Å². The highest BCUT2D eigenvalue weighted by atomic mass is 16.2. The zero-order valence-electron chi connectivity index (χ0n) is 4.96. The molecule has 0 fully saturated rings. The topological polar surface area (TPSA) is 81.6 Å². The van der Waals surface area contributed by atoms with E-state index in [1.54, 1.807) is 0 Å². The number of nitriles is 1. The number of imidazole rings is 1. The second-order valence-corrected chi connectivity index (χ2v) is 1.50. The minimum absolute atomic E-state index is 0.140. The van der Waals surface area contributed by atoms with Crippen molar-refractivity contribution >= 4 is 5.91 Å². The SMILES string of the molecule is N#CNC(=O)c1ncc[nH]1. The van der Waals surface area contributed by atoms with Crippen molar-refractivity contribution in [3.63, 3.8) is 0 Å². The van der Waals surface area contributed by atoms with Crippen molar-refractivity contribution < 1.29 is 4.79 Å². The average molecular weight is 136 g/mol. The van der Waals surface area contributed by atoms with Crippen LogP contribution in [0.15, 0.2) is 12.4 Å². The number of nitrogens with zero attached hydrogens (tertiary/aromatic N) is 2. The molecule has 10 heavy (non-hydrogen) atoms. The van der Waals surface area contributed by atoms with Crippen LogP contribution in [-0.2, 0) is 0 Å². The fourth-order valence-corrected chi connectivity index (χ4v) is 0.499. The Hall–Kier alpha value is -1.83. The Kier molecular flexibility index (Phi) is 1.66. The van der Waals surface area contributed by atoms with E-state index in [-0.39, 0.29) is 5.82 Å². The molecule has 1 heterocycles. The summed E-state index contributed by atoms with van der Waals surface area (Å²) in [6.45, 7) is 0. The highest BCUT2D eigenvalue weighted by molar-refractivity contribution is 5.91. The van der Waals surface area contributed by atoms with Crippen LogP contribution < -0.4 is 5.32 Å². The molecule has 0 radical (unpaired) electrons. The lowest BCUT2D eigenvalue weighted by Crippen LogP contribution is -2.18. The molecular weight excluding hydrogens is 132 g/mol. The fraction of sp³-hybridized carbons (Fsp3) is 0. The molecule has 5 heteroatoms. The zero-order valence-corrected chi connectivity index (χ0v) is 4.96. The first-order valence-corrected chi connectivity index (χ1v) is 2.53. The van der Waals surface area contributed by atoms with Crippen molar-refractivity contribution in [3.8, 4) is 6.19 Å². The van der Waals surface area contributed by atoms with Crippen LogP contribution in [-0.4, -0.2) is 15.9 Å². The average Bonchev–Trinajstić information content (AvgIpc) is 2.38. The van der Waals surface area contributed by atoms with E-state index >= 15 is 0 Å². The summed E-state index contributed by atoms with van der Waals surface area (Å²) >= 11 is 0. The van der Waals surface area contributed by atoms with Crippen LogP contribution in [0.2, 0.25) is 0 Å². The van der Waals surface area contributed by atoms with Crippen molar-refractivity contribution in [2.24, 2.45) is 0 Å². The Labute approximate surface area is 56.7 Å². The van der Waals surface area contributed by atoms with Gasteiger partial charge in [0.1, 0.15) is 0 Å². The molecular formula is C5H4N4O. The number of carbonyl (C=O) groups is 1. The fourth-order valence-electron chi connectivity index (χ4n) is 0.499. The van der Waals surface area contributed by atoms with Gasteiger partial charge in [-0.1, -0.05) is 0 Å². The Balaban J connectivity index is 2.71. The van der Waals surface area contributed by atoms with Gasteiger partial charge in [0.2, 0.25) is 0 Å². The van der Waals surface area contributed by atoms with Gasteiger partial charge in [0.15, 0.2) is 12.0 Å². The highest BCUT2D eigenvalue weighted by Crippen LogP contribution is 1.85. The number of nitrogens with one attached hydrogen (secondary N) is 2. The summed E-state index contributed by atoms with van der Waals surface area (Å²) in [6.07, 6.45) is 4.44. The molecule has 0 saturated heterocycles. The first-order chi connectivity index (χ1) is 4.84. The van der Waals surface area contributed by atoms with Gasteiger partial charge in [-0.2, -0.15) is 5.26 Å². The summed E-state index contributed by atoms with van der Waals surface area (Å²) in [5.74, 6) is -0.381. The lowest BCUT2D eigenvalue weighted by Gasteiger charge is -1.87. The minimum atomic E-state index is -0.521. The largest absolute Gasteiger partial charge is 0.341 e. The maximum absolute atomic E-state index is 10.7. The van der Waals surface area contributed by atoms with Crippen molar-refractivity contribution in [3.05, 3.63) is 18.2 Å². The van der Waals surface area contributed by atoms with E-state index in [1.165, 1.54) is 18.6 Å². The Morgan fingerprint density at radius 2 is 2.70 bits per heavy atom. The summed E-state index contributed by atoms with van der Waals surface area (Å²) in [5, 5.41) is 9.93. The summed E-state index contributed by atoms with van der Waals surface area (Å²) in [7, 11) is 0. The minimum Gasteiger partial charge on any atom is -0.341 e. The summed E-state index contributed by atoms with van der Waals surface area (Å²) in [6, 6.07) is 0. The van der Waals surface area contributed by atoms with Gasteiger partial charge in [0, 0.05) is 12.4 Å². The Morgan fingerprint density at radius 3 is 3.20 bits per heavy atom. The summed E-state index contributed by atoms with van der Waals surface area (Å²) in [4.78, 5) is 16.8. The van der Waals surface area contributed by atoms with E-state index in [9.17, 15) is 4.79 Å². The number of amides is 1. The number of rotatable bonds is 1. The summed E-state index contributed by atoms with van der Waals surface area (Å²) < 4.78 is 0. The molecule has 0 bridgehead atoms. The molecule has 1 aromatic heterocycles. The molecule has 2 N–H and O–H groups in total. The predicted molar refractivity (Wildman–Crippen MR) is 31.7 cm³/mol. The van der Waals surface area contributed by atoms with Crippen LogP contribution in [0, 0.1) is 11.5 Å². The molecule has 0 aliphatic rings. The first kappa shape index (κ1) is 6.29. The lowest BCUT2D eigenvalue weighted by atomic mass is 10.6. The maximum Gasteiger partial charge on any atom is 0.300 e. The third-order valence-corrected chi connectivity index (χ3v) is 0.883. The van der Waals surface area contributed by atoms with E-state index in [4.69, 9.17) is 5.26 Å². The third-order valence-electron chi connectivity index (χ3n) is 0.883. The smallest absolute Gasteiger partial charge is 0.300 e. The van der Waals surface area contributed by atoms with Crippen molar-refractivity contribution in [1.29, 1.82) is 5.26 Å². The number of aromatic nitrogens is 2. The van der Waals surface area contributed by atoms with Crippen LogP contribution in [0.3, 0.4) is 0 Å².